The average Bonchev–Trinajstić information content (AvgIpc) is 2.94. The van der Waals surface area contributed by atoms with Gasteiger partial charge in [-0.25, -0.2) is 0 Å². The maximum absolute atomic E-state index is 12.8. The molecule has 15 heteroatoms. The highest BCUT2D eigenvalue weighted by Crippen LogP contribution is 2.07. The standard InChI is InChI=1S/C24H36N8O7.C3H8/c1-27-13-20(35)32(2)18(7-4-8-28-24(25)26)23(39)30-12-19(34)31-17(10-21(36)37)22(38)29-11-15-5-3-6-16(9-15)14-33;1-3-2/h3,5-6,9,14,17-18,27H,4,7-8,10-13H2,1-2H3,(H,29,38)(H,30,39)(H,31,34)(H,36,37)(H4,25,26,28);3H2,1-2H3/t17?,18-;/m0./s1. The molecule has 9 N–H and O–H groups in total. The first-order chi connectivity index (χ1) is 19.9. The van der Waals surface area contributed by atoms with Crippen molar-refractivity contribution in [3.63, 3.8) is 0 Å². The van der Waals surface area contributed by atoms with Crippen molar-refractivity contribution in [3.8, 4) is 0 Å². The molecule has 0 spiro atoms. The van der Waals surface area contributed by atoms with Gasteiger partial charge in [-0.2, -0.15) is 0 Å². The number of rotatable bonds is 17. The number of nitrogens with two attached hydrogens (primary N) is 2. The molecular weight excluding hydrogens is 548 g/mol. The molecule has 42 heavy (non-hydrogen) atoms. The average molecular weight is 593 g/mol. The van der Waals surface area contributed by atoms with Crippen LogP contribution in [0.25, 0.3) is 0 Å². The lowest BCUT2D eigenvalue weighted by molar-refractivity contribution is -0.141. The summed E-state index contributed by atoms with van der Waals surface area (Å²) in [4.78, 5) is 77.5. The van der Waals surface area contributed by atoms with Crippen LogP contribution in [-0.4, -0.2) is 97.7 Å². The second-order valence-corrected chi connectivity index (χ2v) is 9.22. The van der Waals surface area contributed by atoms with Gasteiger partial charge < -0.3 is 42.7 Å². The number of guanidine groups is 1. The van der Waals surface area contributed by atoms with Crippen LogP contribution in [0.1, 0.15) is 55.5 Å². The largest absolute Gasteiger partial charge is 0.481 e. The van der Waals surface area contributed by atoms with Crippen molar-refractivity contribution >= 4 is 41.8 Å². The van der Waals surface area contributed by atoms with Gasteiger partial charge in [0.15, 0.2) is 5.96 Å². The zero-order valence-corrected chi connectivity index (χ0v) is 24.6. The van der Waals surface area contributed by atoms with Gasteiger partial charge in [-0.1, -0.05) is 38.5 Å². The van der Waals surface area contributed by atoms with Crippen LogP contribution in [-0.2, 0) is 30.5 Å². The highest BCUT2D eigenvalue weighted by atomic mass is 16.4. The van der Waals surface area contributed by atoms with E-state index in [1.807, 2.05) is 0 Å². The van der Waals surface area contributed by atoms with Crippen LogP contribution >= 0.6 is 0 Å². The van der Waals surface area contributed by atoms with Gasteiger partial charge in [0, 0.05) is 25.7 Å². The predicted molar refractivity (Wildman–Crippen MR) is 157 cm³/mol. The van der Waals surface area contributed by atoms with Crippen molar-refractivity contribution in [2.75, 3.05) is 33.7 Å². The van der Waals surface area contributed by atoms with E-state index >= 15 is 0 Å². The lowest BCUT2D eigenvalue weighted by Gasteiger charge is -2.27. The molecule has 15 nitrogen and oxygen atoms in total. The molecule has 4 amide bonds. The highest BCUT2D eigenvalue weighted by Gasteiger charge is 2.28. The Bertz CT molecular complexity index is 1080. The minimum atomic E-state index is -1.42. The van der Waals surface area contributed by atoms with Gasteiger partial charge >= 0.3 is 5.97 Å². The number of carbonyl (C=O) groups excluding carboxylic acids is 5. The normalized spacial score (nSPS) is 11.4. The molecule has 1 unspecified atom stereocenters. The lowest BCUT2D eigenvalue weighted by atomic mass is 10.1. The molecule has 0 aliphatic carbocycles. The van der Waals surface area contributed by atoms with E-state index in [4.69, 9.17) is 11.5 Å². The van der Waals surface area contributed by atoms with Gasteiger partial charge in [0.2, 0.25) is 23.6 Å². The zero-order chi connectivity index (χ0) is 32.1. The molecule has 0 fully saturated rings. The number of carboxylic acids is 1. The molecule has 1 rings (SSSR count). The summed E-state index contributed by atoms with van der Waals surface area (Å²) < 4.78 is 0. The van der Waals surface area contributed by atoms with Crippen LogP contribution in [0.15, 0.2) is 29.3 Å². The lowest BCUT2D eigenvalue weighted by Crippen LogP contribution is -2.53. The molecule has 0 saturated heterocycles. The first-order valence-electron chi connectivity index (χ1n) is 13.5. The fourth-order valence-corrected chi connectivity index (χ4v) is 3.45. The Morgan fingerprint density at radius 1 is 1.07 bits per heavy atom. The monoisotopic (exact) mass is 592 g/mol. The van der Waals surface area contributed by atoms with E-state index in [-0.39, 0.29) is 37.9 Å². The summed E-state index contributed by atoms with van der Waals surface area (Å²) in [5.41, 5.74) is 11.6. The quantitative estimate of drug-likeness (QED) is 0.0488. The number of hydrogen-bond acceptors (Lipinski definition) is 8. The fourth-order valence-electron chi connectivity index (χ4n) is 3.45. The Labute approximate surface area is 245 Å². The third kappa shape index (κ3) is 15.9. The second-order valence-electron chi connectivity index (χ2n) is 9.22. The number of carbonyl (C=O) groups is 6. The molecule has 1 aromatic carbocycles. The summed E-state index contributed by atoms with van der Waals surface area (Å²) in [6.45, 7) is 3.89. The molecule has 0 saturated carbocycles. The van der Waals surface area contributed by atoms with Crippen molar-refractivity contribution in [1.82, 2.24) is 26.2 Å². The van der Waals surface area contributed by atoms with Crippen molar-refractivity contribution in [3.05, 3.63) is 35.4 Å². The van der Waals surface area contributed by atoms with Crippen LogP contribution in [0.5, 0.6) is 0 Å². The first-order valence-corrected chi connectivity index (χ1v) is 13.5. The van der Waals surface area contributed by atoms with Crippen LogP contribution in [0.4, 0.5) is 0 Å². The molecule has 0 aromatic heterocycles. The van der Waals surface area contributed by atoms with E-state index in [2.05, 4.69) is 40.1 Å². The Morgan fingerprint density at radius 3 is 2.31 bits per heavy atom. The van der Waals surface area contributed by atoms with Gasteiger partial charge in [-0.15, -0.1) is 0 Å². The maximum atomic E-state index is 12.8. The van der Waals surface area contributed by atoms with Crippen molar-refractivity contribution < 1.29 is 33.9 Å². The van der Waals surface area contributed by atoms with Gasteiger partial charge in [-0.05, 0) is 31.5 Å². The Morgan fingerprint density at radius 2 is 1.74 bits per heavy atom. The van der Waals surface area contributed by atoms with E-state index < -0.39 is 48.7 Å². The molecule has 0 radical (unpaired) electrons. The number of nitrogens with one attached hydrogen (secondary N) is 4. The summed E-state index contributed by atoms with van der Waals surface area (Å²) in [6, 6.07) is 4.08. The van der Waals surface area contributed by atoms with Crippen LogP contribution < -0.4 is 32.7 Å². The number of hydrogen-bond donors (Lipinski definition) is 7. The molecule has 234 valence electrons. The molecule has 0 bridgehead atoms. The number of benzene rings is 1. The Balaban J connectivity index is 0.00000535. The van der Waals surface area contributed by atoms with E-state index in [1.165, 1.54) is 18.4 Å². The summed E-state index contributed by atoms with van der Waals surface area (Å²) in [7, 11) is 3.03. The fraction of sp³-hybridized carbons (Fsp3) is 0.519. The number of aliphatic imine (C=N–C) groups is 1. The third-order valence-electron chi connectivity index (χ3n) is 5.43. The van der Waals surface area contributed by atoms with E-state index in [9.17, 15) is 33.9 Å². The van der Waals surface area contributed by atoms with E-state index in [0.717, 1.165) is 0 Å². The minimum Gasteiger partial charge on any atom is -0.481 e. The first kappa shape index (κ1) is 37.5. The van der Waals surface area contributed by atoms with Crippen molar-refractivity contribution in [2.45, 2.75) is 58.2 Å². The van der Waals surface area contributed by atoms with Crippen molar-refractivity contribution in [1.29, 1.82) is 0 Å². The molecule has 1 aromatic rings. The van der Waals surface area contributed by atoms with Crippen LogP contribution in [0.3, 0.4) is 0 Å². The van der Waals surface area contributed by atoms with Crippen LogP contribution in [0.2, 0.25) is 0 Å². The van der Waals surface area contributed by atoms with Crippen LogP contribution in [0, 0.1) is 0 Å². The summed E-state index contributed by atoms with van der Waals surface area (Å²) in [6.07, 6.45) is 1.77. The number of nitrogens with zero attached hydrogens (tertiary/aromatic N) is 2. The summed E-state index contributed by atoms with van der Waals surface area (Å²) in [5.74, 6) is -3.99. The maximum Gasteiger partial charge on any atom is 0.305 e. The number of likely N-dealkylation sites (N-methyl/N-ethyl adjacent to an activating group) is 2. The molecule has 0 heterocycles. The smallest absolute Gasteiger partial charge is 0.305 e. The SMILES string of the molecule is CCC.CNCC(=O)N(C)[C@@H](CCCN=C(N)N)C(=O)NCC(=O)NC(CC(=O)O)C(=O)NCc1cccc(C=O)c1. The predicted octanol–water partition coefficient (Wildman–Crippen LogP) is -1.29. The molecule has 0 aliphatic rings. The molecular formula is C27H44N8O7. The zero-order valence-electron chi connectivity index (χ0n) is 24.6. The second kappa shape index (κ2) is 21.2. The third-order valence-corrected chi connectivity index (χ3v) is 5.43. The van der Waals surface area contributed by atoms with Crippen molar-refractivity contribution in [2.24, 2.45) is 16.5 Å². The van der Waals surface area contributed by atoms with Gasteiger partial charge in [-0.3, -0.25) is 33.8 Å². The van der Waals surface area contributed by atoms with E-state index in [1.54, 1.807) is 31.3 Å². The van der Waals surface area contributed by atoms with Gasteiger partial charge in [0.05, 0.1) is 19.5 Å². The Hall–Kier alpha value is -4.53. The summed E-state index contributed by atoms with van der Waals surface area (Å²) >= 11 is 0. The number of amides is 4. The number of aliphatic carboxylic acids is 1. The topological polar surface area (TPSA) is 238 Å². The Kier molecular flexibility index (Phi) is 19.0. The number of aldehydes is 1. The van der Waals surface area contributed by atoms with E-state index in [0.29, 0.717) is 23.8 Å². The van der Waals surface area contributed by atoms with Gasteiger partial charge in [0.1, 0.15) is 18.4 Å². The van der Waals surface area contributed by atoms with Gasteiger partial charge in [0.25, 0.3) is 0 Å². The number of carboxylic acid groups (broad SMARTS) is 1. The molecule has 0 aliphatic heterocycles. The highest BCUT2D eigenvalue weighted by molar-refractivity contribution is 5.94. The minimum absolute atomic E-state index is 0.00223. The summed E-state index contributed by atoms with van der Waals surface area (Å²) in [5, 5.41) is 19.1. The molecule has 2 atom stereocenters.